The van der Waals surface area contributed by atoms with Gasteiger partial charge in [-0.05, 0) is 31.2 Å². The average molecular weight is 229 g/mol. The highest BCUT2D eigenvalue weighted by Crippen LogP contribution is 2.09. The van der Waals surface area contributed by atoms with Crippen molar-refractivity contribution in [2.75, 3.05) is 5.32 Å². The van der Waals surface area contributed by atoms with Gasteiger partial charge in [-0.3, -0.25) is 5.32 Å². The largest absolute Gasteiger partial charge is 0.418 e. The molecule has 5 nitrogen and oxygen atoms in total. The highest BCUT2D eigenvalue weighted by Gasteiger charge is 2.05. The lowest BCUT2D eigenvalue weighted by Gasteiger charge is -2.05. The molecule has 1 amide bonds. The predicted molar refractivity (Wildman–Crippen MR) is 62.9 cm³/mol. The van der Waals surface area contributed by atoms with Crippen LogP contribution in [0.4, 0.5) is 10.6 Å². The summed E-state index contributed by atoms with van der Waals surface area (Å²) in [5.41, 5.74) is 0.784. The third-order valence-corrected chi connectivity index (χ3v) is 1.98. The number of anilines is 1. The molecule has 1 N–H and O–H groups in total. The summed E-state index contributed by atoms with van der Waals surface area (Å²) in [6.07, 6.45) is -0.589. The van der Waals surface area contributed by atoms with Crippen LogP contribution in [0.2, 0.25) is 0 Å². The predicted octanol–water partition coefficient (Wildman–Crippen LogP) is 2.40. The number of aryl methyl sites for hydroxylation is 1. The van der Waals surface area contributed by atoms with Crippen LogP contribution in [0.15, 0.2) is 42.5 Å². The molecule has 0 saturated heterocycles. The molecule has 0 aliphatic rings. The fourth-order valence-corrected chi connectivity index (χ4v) is 1.19. The summed E-state index contributed by atoms with van der Waals surface area (Å²) in [5.74, 6) is 0.835. The van der Waals surface area contributed by atoms with Crippen molar-refractivity contribution < 1.29 is 9.53 Å². The molecular weight excluding hydrogens is 218 g/mol. The smallest absolute Gasteiger partial charge is 0.410 e. The molecule has 5 heteroatoms. The van der Waals surface area contributed by atoms with Gasteiger partial charge in [-0.15, -0.1) is 5.10 Å². The molecule has 86 valence electrons. The first kappa shape index (κ1) is 11.1. The van der Waals surface area contributed by atoms with E-state index in [0.29, 0.717) is 11.6 Å². The average Bonchev–Trinajstić information content (AvgIpc) is 2.33. The first-order chi connectivity index (χ1) is 8.24. The van der Waals surface area contributed by atoms with Crippen molar-refractivity contribution in [2.45, 2.75) is 6.92 Å². The molecule has 1 aromatic carbocycles. The number of carbonyl (C=O) groups is 1. The zero-order valence-corrected chi connectivity index (χ0v) is 9.25. The van der Waals surface area contributed by atoms with E-state index in [1.165, 1.54) is 0 Å². The van der Waals surface area contributed by atoms with E-state index in [0.717, 1.165) is 5.69 Å². The van der Waals surface area contributed by atoms with Crippen molar-refractivity contribution in [3.63, 3.8) is 0 Å². The summed E-state index contributed by atoms with van der Waals surface area (Å²) in [6.45, 7) is 1.82. The number of hydrogen-bond acceptors (Lipinski definition) is 4. The molecule has 0 fully saturated rings. The molecule has 0 spiro atoms. The van der Waals surface area contributed by atoms with Crippen LogP contribution < -0.4 is 10.1 Å². The van der Waals surface area contributed by atoms with Crippen LogP contribution in [-0.4, -0.2) is 16.3 Å². The van der Waals surface area contributed by atoms with Crippen LogP contribution in [0, 0.1) is 6.92 Å². The molecule has 0 radical (unpaired) electrons. The van der Waals surface area contributed by atoms with Crippen molar-refractivity contribution in [3.05, 3.63) is 48.2 Å². The third kappa shape index (κ3) is 3.27. The number of hydrogen-bond donors (Lipinski definition) is 1. The fourth-order valence-electron chi connectivity index (χ4n) is 1.19. The van der Waals surface area contributed by atoms with E-state index >= 15 is 0 Å². The van der Waals surface area contributed by atoms with Crippen LogP contribution in [0.5, 0.6) is 5.75 Å². The van der Waals surface area contributed by atoms with Gasteiger partial charge in [0.2, 0.25) is 0 Å². The normalized spacial score (nSPS) is 9.71. The number of amides is 1. The van der Waals surface area contributed by atoms with Crippen LogP contribution in [0.3, 0.4) is 0 Å². The van der Waals surface area contributed by atoms with Crippen molar-refractivity contribution in [3.8, 4) is 5.75 Å². The minimum Gasteiger partial charge on any atom is -0.410 e. The third-order valence-electron chi connectivity index (χ3n) is 1.98. The van der Waals surface area contributed by atoms with Gasteiger partial charge in [0.25, 0.3) is 0 Å². The fraction of sp³-hybridized carbons (Fsp3) is 0.0833. The second-order valence-electron chi connectivity index (χ2n) is 3.39. The molecule has 0 unspecified atom stereocenters. The van der Waals surface area contributed by atoms with E-state index in [1.54, 1.807) is 36.4 Å². The number of nitrogens with one attached hydrogen (secondary N) is 1. The monoisotopic (exact) mass is 229 g/mol. The number of nitrogens with zero attached hydrogens (tertiary/aromatic N) is 2. The molecule has 1 heterocycles. The molecule has 2 aromatic rings. The second kappa shape index (κ2) is 5.07. The SMILES string of the molecule is Cc1ccc(NC(=O)Oc2ccccc2)nn1. The van der Waals surface area contributed by atoms with Crippen molar-refractivity contribution >= 4 is 11.9 Å². The Kier molecular flexibility index (Phi) is 3.30. The second-order valence-corrected chi connectivity index (χ2v) is 3.39. The summed E-state index contributed by atoms with van der Waals surface area (Å²) in [6, 6.07) is 12.2. The number of ether oxygens (including phenoxy) is 1. The maximum absolute atomic E-state index is 11.5. The van der Waals surface area contributed by atoms with E-state index in [2.05, 4.69) is 15.5 Å². The summed E-state index contributed by atoms with van der Waals surface area (Å²) < 4.78 is 5.03. The Morgan fingerprint density at radius 1 is 1.12 bits per heavy atom. The number of para-hydroxylation sites is 1. The molecule has 1 aromatic heterocycles. The Hall–Kier alpha value is -2.43. The molecule has 0 aliphatic heterocycles. The van der Waals surface area contributed by atoms with Crippen molar-refractivity contribution in [1.29, 1.82) is 0 Å². The van der Waals surface area contributed by atoms with Crippen LogP contribution in [0.25, 0.3) is 0 Å². The molecule has 0 atom stereocenters. The lowest BCUT2D eigenvalue weighted by molar-refractivity contribution is 0.215. The van der Waals surface area contributed by atoms with Crippen LogP contribution in [-0.2, 0) is 0 Å². The summed E-state index contributed by atoms with van der Waals surface area (Å²) in [4.78, 5) is 11.5. The first-order valence-corrected chi connectivity index (χ1v) is 5.08. The summed E-state index contributed by atoms with van der Waals surface area (Å²) in [7, 11) is 0. The zero-order chi connectivity index (χ0) is 12.1. The van der Waals surface area contributed by atoms with Gasteiger partial charge < -0.3 is 4.74 Å². The maximum Gasteiger partial charge on any atom is 0.418 e. The molecule has 17 heavy (non-hydrogen) atoms. The van der Waals surface area contributed by atoms with E-state index in [9.17, 15) is 4.79 Å². The molecular formula is C12H11N3O2. The van der Waals surface area contributed by atoms with E-state index in [4.69, 9.17) is 4.74 Å². The van der Waals surface area contributed by atoms with Crippen LogP contribution in [0.1, 0.15) is 5.69 Å². The van der Waals surface area contributed by atoms with Gasteiger partial charge in [-0.1, -0.05) is 18.2 Å². The van der Waals surface area contributed by atoms with Crippen LogP contribution >= 0.6 is 0 Å². The molecule has 0 saturated carbocycles. The van der Waals surface area contributed by atoms with Gasteiger partial charge >= 0.3 is 6.09 Å². The van der Waals surface area contributed by atoms with Gasteiger partial charge in [-0.25, -0.2) is 4.79 Å². The number of benzene rings is 1. The number of rotatable bonds is 2. The Balaban J connectivity index is 1.96. The Bertz CT molecular complexity index is 497. The van der Waals surface area contributed by atoms with E-state index in [1.807, 2.05) is 13.0 Å². The standard InChI is InChI=1S/C12H11N3O2/c1-9-7-8-11(15-14-9)13-12(16)17-10-5-3-2-4-6-10/h2-8H,1H3,(H,13,15,16). The van der Waals surface area contributed by atoms with Gasteiger partial charge in [0, 0.05) is 0 Å². The molecule has 2 rings (SSSR count). The van der Waals surface area contributed by atoms with E-state index < -0.39 is 6.09 Å². The summed E-state index contributed by atoms with van der Waals surface area (Å²) >= 11 is 0. The number of carbonyl (C=O) groups excluding carboxylic acids is 1. The topological polar surface area (TPSA) is 64.1 Å². The highest BCUT2D eigenvalue weighted by atomic mass is 16.6. The van der Waals surface area contributed by atoms with Gasteiger partial charge in [-0.2, -0.15) is 5.10 Å². The van der Waals surface area contributed by atoms with Gasteiger partial charge in [0.15, 0.2) is 5.82 Å². The Labute approximate surface area is 98.5 Å². The molecule has 0 bridgehead atoms. The quantitative estimate of drug-likeness (QED) is 0.858. The lowest BCUT2D eigenvalue weighted by atomic mass is 10.3. The van der Waals surface area contributed by atoms with Gasteiger partial charge in [0.1, 0.15) is 5.75 Å². The minimum absolute atomic E-state index is 0.358. The van der Waals surface area contributed by atoms with Crippen molar-refractivity contribution in [2.24, 2.45) is 0 Å². The zero-order valence-electron chi connectivity index (χ0n) is 9.25. The minimum atomic E-state index is -0.589. The number of aromatic nitrogens is 2. The Morgan fingerprint density at radius 2 is 1.88 bits per heavy atom. The van der Waals surface area contributed by atoms with E-state index in [-0.39, 0.29) is 0 Å². The molecule has 0 aliphatic carbocycles. The van der Waals surface area contributed by atoms with Crippen molar-refractivity contribution in [1.82, 2.24) is 10.2 Å². The summed E-state index contributed by atoms with van der Waals surface area (Å²) in [5, 5.41) is 10.1. The van der Waals surface area contributed by atoms with Gasteiger partial charge in [0.05, 0.1) is 5.69 Å². The Morgan fingerprint density at radius 3 is 2.53 bits per heavy atom. The first-order valence-electron chi connectivity index (χ1n) is 5.08. The maximum atomic E-state index is 11.5. The lowest BCUT2D eigenvalue weighted by Crippen LogP contribution is -2.17. The highest BCUT2D eigenvalue weighted by molar-refractivity contribution is 5.84.